The SMILES string of the molecule is CCn1nccc1C(O)C(F)(F)Br. The molecule has 0 amide bonds. The normalized spacial score (nSPS) is 14.5. The van der Waals surface area contributed by atoms with Gasteiger partial charge in [0.25, 0.3) is 0 Å². The van der Waals surface area contributed by atoms with Crippen LogP contribution in [0.4, 0.5) is 8.78 Å². The van der Waals surface area contributed by atoms with Crippen LogP contribution in [0.15, 0.2) is 12.3 Å². The van der Waals surface area contributed by atoms with Gasteiger partial charge < -0.3 is 5.11 Å². The summed E-state index contributed by atoms with van der Waals surface area (Å²) in [5.41, 5.74) is 0.101. The van der Waals surface area contributed by atoms with E-state index in [2.05, 4.69) is 21.0 Å². The zero-order valence-corrected chi connectivity index (χ0v) is 8.50. The molecule has 1 unspecified atom stereocenters. The average molecular weight is 255 g/mol. The van der Waals surface area contributed by atoms with E-state index in [9.17, 15) is 13.9 Å². The van der Waals surface area contributed by atoms with Gasteiger partial charge in [0.2, 0.25) is 0 Å². The highest BCUT2D eigenvalue weighted by Crippen LogP contribution is 2.36. The van der Waals surface area contributed by atoms with Crippen molar-refractivity contribution in [3.05, 3.63) is 18.0 Å². The van der Waals surface area contributed by atoms with E-state index < -0.39 is 10.9 Å². The quantitative estimate of drug-likeness (QED) is 0.838. The summed E-state index contributed by atoms with van der Waals surface area (Å²) in [5.74, 6) is 0. The minimum atomic E-state index is -3.32. The fourth-order valence-corrected chi connectivity index (χ4v) is 1.24. The van der Waals surface area contributed by atoms with Crippen LogP contribution in [-0.2, 0) is 6.54 Å². The first-order valence-electron chi connectivity index (χ1n) is 3.73. The van der Waals surface area contributed by atoms with Gasteiger partial charge in [0, 0.05) is 12.7 Å². The molecule has 74 valence electrons. The summed E-state index contributed by atoms with van der Waals surface area (Å²) in [6, 6.07) is 1.36. The van der Waals surface area contributed by atoms with Crippen LogP contribution in [0.5, 0.6) is 0 Å². The summed E-state index contributed by atoms with van der Waals surface area (Å²) < 4.78 is 26.6. The fraction of sp³-hybridized carbons (Fsp3) is 0.571. The number of aliphatic hydroxyl groups is 1. The number of aliphatic hydroxyl groups excluding tert-OH is 1. The molecule has 1 rings (SSSR count). The first kappa shape index (κ1) is 10.6. The molecular formula is C7H9BrF2N2O. The molecule has 1 heterocycles. The lowest BCUT2D eigenvalue weighted by Crippen LogP contribution is -2.21. The van der Waals surface area contributed by atoms with Gasteiger partial charge in [-0.05, 0) is 28.9 Å². The molecule has 0 saturated heterocycles. The van der Waals surface area contributed by atoms with Gasteiger partial charge in [-0.1, -0.05) is 0 Å². The molecule has 0 spiro atoms. The molecule has 0 aliphatic rings. The largest absolute Gasteiger partial charge is 0.380 e. The molecular weight excluding hydrogens is 246 g/mol. The second-order valence-corrected chi connectivity index (χ2v) is 3.57. The third-order valence-corrected chi connectivity index (χ3v) is 2.07. The van der Waals surface area contributed by atoms with Crippen molar-refractivity contribution >= 4 is 15.9 Å². The van der Waals surface area contributed by atoms with Crippen LogP contribution >= 0.6 is 15.9 Å². The lowest BCUT2D eigenvalue weighted by Gasteiger charge is -2.16. The predicted octanol–water partition coefficient (Wildman–Crippen LogP) is 1.92. The fourth-order valence-electron chi connectivity index (χ4n) is 1.01. The number of alkyl halides is 3. The van der Waals surface area contributed by atoms with Crippen molar-refractivity contribution in [2.24, 2.45) is 0 Å². The van der Waals surface area contributed by atoms with Crippen LogP contribution in [0.1, 0.15) is 18.7 Å². The minimum Gasteiger partial charge on any atom is -0.380 e. The number of hydrogen-bond donors (Lipinski definition) is 1. The van der Waals surface area contributed by atoms with Crippen LogP contribution in [0, 0.1) is 0 Å². The van der Waals surface area contributed by atoms with Gasteiger partial charge in [-0.2, -0.15) is 13.9 Å². The Bertz CT molecular complexity index is 284. The lowest BCUT2D eigenvalue weighted by molar-refractivity contribution is -0.0339. The lowest BCUT2D eigenvalue weighted by atomic mass is 10.2. The van der Waals surface area contributed by atoms with Crippen LogP contribution < -0.4 is 0 Å². The molecule has 3 nitrogen and oxygen atoms in total. The van der Waals surface area contributed by atoms with Crippen molar-refractivity contribution in [1.29, 1.82) is 0 Å². The first-order chi connectivity index (χ1) is 5.96. The van der Waals surface area contributed by atoms with Gasteiger partial charge >= 0.3 is 4.83 Å². The molecule has 1 N–H and O–H groups in total. The highest BCUT2D eigenvalue weighted by Gasteiger charge is 2.37. The van der Waals surface area contributed by atoms with Crippen molar-refractivity contribution in [3.63, 3.8) is 0 Å². The second-order valence-electron chi connectivity index (χ2n) is 2.52. The highest BCUT2D eigenvalue weighted by atomic mass is 79.9. The molecule has 1 atom stereocenters. The molecule has 1 aromatic rings. The number of nitrogens with zero attached hydrogens (tertiary/aromatic N) is 2. The average Bonchev–Trinajstić information content (AvgIpc) is 2.48. The van der Waals surface area contributed by atoms with E-state index in [1.54, 1.807) is 6.92 Å². The summed E-state index contributed by atoms with van der Waals surface area (Å²) in [6.45, 7) is 2.21. The second kappa shape index (κ2) is 3.71. The standard InChI is InChI=1S/C7H9BrF2N2O/c1-2-12-5(3-4-11-12)6(13)7(8,9)10/h3-4,6,13H,2H2,1H3. The van der Waals surface area contributed by atoms with E-state index in [1.807, 2.05) is 0 Å². The third-order valence-electron chi connectivity index (χ3n) is 1.64. The summed E-state index contributed by atoms with van der Waals surface area (Å²) in [5, 5.41) is 13.0. The third kappa shape index (κ3) is 2.25. The molecule has 0 aromatic carbocycles. The zero-order chi connectivity index (χ0) is 10.1. The summed E-state index contributed by atoms with van der Waals surface area (Å²) >= 11 is 2.10. The number of hydrogen-bond acceptors (Lipinski definition) is 2. The summed E-state index contributed by atoms with van der Waals surface area (Å²) in [6.07, 6.45) is -0.490. The number of rotatable bonds is 3. The molecule has 0 saturated carbocycles. The molecule has 13 heavy (non-hydrogen) atoms. The molecule has 0 fully saturated rings. The van der Waals surface area contributed by atoms with E-state index in [0.29, 0.717) is 6.54 Å². The molecule has 0 aliphatic heterocycles. The Balaban J connectivity index is 2.94. The Kier molecular flexibility index (Phi) is 3.02. The topological polar surface area (TPSA) is 38.0 Å². The van der Waals surface area contributed by atoms with Gasteiger partial charge in [0.05, 0.1) is 5.69 Å². The number of halogens is 3. The van der Waals surface area contributed by atoms with E-state index >= 15 is 0 Å². The Morgan fingerprint density at radius 3 is 2.85 bits per heavy atom. The summed E-state index contributed by atoms with van der Waals surface area (Å²) in [7, 11) is 0. The van der Waals surface area contributed by atoms with Crippen molar-refractivity contribution in [2.75, 3.05) is 0 Å². The van der Waals surface area contributed by atoms with Crippen LogP contribution in [0.3, 0.4) is 0 Å². The van der Waals surface area contributed by atoms with Gasteiger partial charge in [0.15, 0.2) is 6.10 Å². The maximum Gasteiger partial charge on any atom is 0.332 e. The summed E-state index contributed by atoms with van der Waals surface area (Å²) in [4.78, 5) is -3.32. The van der Waals surface area contributed by atoms with Crippen molar-refractivity contribution in [3.8, 4) is 0 Å². The van der Waals surface area contributed by atoms with Gasteiger partial charge in [-0.25, -0.2) is 0 Å². The van der Waals surface area contributed by atoms with Crippen LogP contribution in [0.2, 0.25) is 0 Å². The minimum absolute atomic E-state index is 0.101. The highest BCUT2D eigenvalue weighted by molar-refractivity contribution is 9.10. The Hall–Kier alpha value is -0.490. The van der Waals surface area contributed by atoms with Gasteiger partial charge in [-0.3, -0.25) is 4.68 Å². The molecule has 1 aromatic heterocycles. The predicted molar refractivity (Wildman–Crippen MR) is 46.7 cm³/mol. The molecule has 0 aliphatic carbocycles. The molecule has 0 radical (unpaired) electrons. The van der Waals surface area contributed by atoms with Gasteiger partial charge in [-0.15, -0.1) is 0 Å². The molecule has 6 heteroatoms. The maximum atomic E-state index is 12.6. The van der Waals surface area contributed by atoms with E-state index in [4.69, 9.17) is 0 Å². The van der Waals surface area contributed by atoms with Crippen LogP contribution in [-0.4, -0.2) is 19.7 Å². The Morgan fingerprint density at radius 2 is 2.38 bits per heavy atom. The van der Waals surface area contributed by atoms with Crippen molar-refractivity contribution in [1.82, 2.24) is 9.78 Å². The van der Waals surface area contributed by atoms with E-state index in [-0.39, 0.29) is 5.69 Å². The van der Waals surface area contributed by atoms with Crippen LogP contribution in [0.25, 0.3) is 0 Å². The molecule has 0 bridgehead atoms. The smallest absolute Gasteiger partial charge is 0.332 e. The Labute approximate surface area is 82.5 Å². The zero-order valence-electron chi connectivity index (χ0n) is 6.91. The van der Waals surface area contributed by atoms with E-state index in [0.717, 1.165) is 0 Å². The van der Waals surface area contributed by atoms with Crippen molar-refractivity contribution in [2.45, 2.75) is 24.4 Å². The monoisotopic (exact) mass is 254 g/mol. The Morgan fingerprint density at radius 1 is 1.77 bits per heavy atom. The first-order valence-corrected chi connectivity index (χ1v) is 4.52. The van der Waals surface area contributed by atoms with E-state index in [1.165, 1.54) is 16.9 Å². The van der Waals surface area contributed by atoms with Crippen molar-refractivity contribution < 1.29 is 13.9 Å². The number of aryl methyl sites for hydroxylation is 1. The maximum absolute atomic E-state index is 12.6. The van der Waals surface area contributed by atoms with Gasteiger partial charge in [0.1, 0.15) is 0 Å². The number of aromatic nitrogens is 2.